The minimum Gasteiger partial charge on any atom is -0.375 e. The molecule has 32 heavy (non-hydrogen) atoms. The Bertz CT molecular complexity index is 1370. The number of fused-ring (bicyclic) bond motifs is 1. The van der Waals surface area contributed by atoms with E-state index in [1.807, 2.05) is 40.5 Å². The molecule has 0 atom stereocenters. The third-order valence-corrected chi connectivity index (χ3v) is 5.61. The van der Waals surface area contributed by atoms with Crippen LogP contribution in [0, 0.1) is 13.8 Å². The van der Waals surface area contributed by atoms with E-state index >= 15 is 0 Å². The van der Waals surface area contributed by atoms with Gasteiger partial charge in [-0.05, 0) is 44.5 Å². The minimum atomic E-state index is 0.440. The zero-order chi connectivity index (χ0) is 22.1. The highest BCUT2D eigenvalue weighted by atomic mass is 16.5. The largest absolute Gasteiger partial charge is 0.375 e. The first-order valence-corrected chi connectivity index (χ1v) is 10.9. The molecule has 0 N–H and O–H groups in total. The molecule has 0 aliphatic rings. The quantitative estimate of drug-likeness (QED) is 0.337. The number of hydrogen-bond donors (Lipinski definition) is 0. The molecule has 5 heteroatoms. The third-order valence-electron chi connectivity index (χ3n) is 5.61. The van der Waals surface area contributed by atoms with Gasteiger partial charge in [0, 0.05) is 30.6 Å². The van der Waals surface area contributed by atoms with Crippen LogP contribution in [0.15, 0.2) is 79.1 Å². The molecule has 3 aromatic heterocycles. The first kappa shape index (κ1) is 20.2. The Labute approximate surface area is 187 Å². The second-order valence-corrected chi connectivity index (χ2v) is 8.02. The van der Waals surface area contributed by atoms with E-state index in [1.165, 1.54) is 11.1 Å². The van der Waals surface area contributed by atoms with Crippen molar-refractivity contribution in [1.82, 2.24) is 19.2 Å². The molecule has 5 nitrogen and oxygen atoms in total. The highest BCUT2D eigenvalue weighted by Gasteiger charge is 2.20. The van der Waals surface area contributed by atoms with Crippen LogP contribution in [0.2, 0.25) is 0 Å². The van der Waals surface area contributed by atoms with Gasteiger partial charge in [0.25, 0.3) is 0 Å². The number of rotatable bonds is 6. The molecule has 0 spiro atoms. The zero-order valence-electron chi connectivity index (χ0n) is 18.6. The lowest BCUT2D eigenvalue weighted by atomic mass is 10.0. The van der Waals surface area contributed by atoms with E-state index in [-0.39, 0.29) is 0 Å². The van der Waals surface area contributed by atoms with Gasteiger partial charge in [-0.1, -0.05) is 53.6 Å². The molecule has 0 radical (unpaired) electrons. The van der Waals surface area contributed by atoms with Gasteiger partial charge < -0.3 is 9.30 Å². The Kier molecular flexibility index (Phi) is 5.33. The first-order chi connectivity index (χ1) is 15.6. The van der Waals surface area contributed by atoms with E-state index < -0.39 is 0 Å². The molecule has 5 aromatic rings. The fraction of sp³-hybridized carbons (Fsp3) is 0.185. The van der Waals surface area contributed by atoms with Crippen molar-refractivity contribution in [2.45, 2.75) is 27.4 Å². The number of hydrogen-bond acceptors (Lipinski definition) is 3. The molecule has 160 valence electrons. The fourth-order valence-electron chi connectivity index (χ4n) is 3.99. The molecule has 0 aliphatic heterocycles. The Morgan fingerprint density at radius 3 is 2.34 bits per heavy atom. The number of aryl methyl sites for hydroxylation is 2. The Hall–Kier alpha value is -3.70. The maximum atomic E-state index is 5.79. The summed E-state index contributed by atoms with van der Waals surface area (Å²) >= 11 is 0. The van der Waals surface area contributed by atoms with Crippen molar-refractivity contribution in [3.05, 3.63) is 95.9 Å². The predicted molar refractivity (Wildman–Crippen MR) is 128 cm³/mol. The highest BCUT2D eigenvalue weighted by Crippen LogP contribution is 2.33. The molecule has 0 bridgehead atoms. The predicted octanol–water partition coefficient (Wildman–Crippen LogP) is 6.01. The van der Waals surface area contributed by atoms with E-state index in [0.717, 1.165) is 39.5 Å². The van der Waals surface area contributed by atoms with Crippen LogP contribution in [0.4, 0.5) is 0 Å². The van der Waals surface area contributed by atoms with Crippen LogP contribution >= 0.6 is 0 Å². The maximum Gasteiger partial charge on any atom is 0.166 e. The van der Waals surface area contributed by atoms with Gasteiger partial charge in [0.05, 0.1) is 23.6 Å². The van der Waals surface area contributed by atoms with Crippen molar-refractivity contribution in [2.24, 2.45) is 0 Å². The second-order valence-electron chi connectivity index (χ2n) is 8.02. The van der Waals surface area contributed by atoms with Gasteiger partial charge in [-0.15, -0.1) is 0 Å². The molecule has 0 saturated heterocycles. The van der Waals surface area contributed by atoms with Gasteiger partial charge in [0.2, 0.25) is 0 Å². The van der Waals surface area contributed by atoms with E-state index in [1.54, 1.807) is 0 Å². The van der Waals surface area contributed by atoms with Crippen molar-refractivity contribution in [3.8, 4) is 28.2 Å². The molecule has 0 amide bonds. The fourth-order valence-corrected chi connectivity index (χ4v) is 3.99. The highest BCUT2D eigenvalue weighted by molar-refractivity contribution is 5.82. The second kappa shape index (κ2) is 8.44. The SMILES string of the molecule is CCOCc1nn2c(-c3cccc(C)c3)cc(-n3cccc3)nc2c1-c1ccc(C)cc1. The minimum absolute atomic E-state index is 0.440. The molecular formula is C27H26N4O. The lowest BCUT2D eigenvalue weighted by molar-refractivity contribution is 0.131. The lowest BCUT2D eigenvalue weighted by Gasteiger charge is -2.11. The monoisotopic (exact) mass is 422 g/mol. The summed E-state index contributed by atoms with van der Waals surface area (Å²) in [6.45, 7) is 7.28. The summed E-state index contributed by atoms with van der Waals surface area (Å²) in [5.74, 6) is 0.857. The topological polar surface area (TPSA) is 44.4 Å². The average Bonchev–Trinajstić information content (AvgIpc) is 3.46. The molecular weight excluding hydrogens is 396 g/mol. The average molecular weight is 423 g/mol. The number of ether oxygens (including phenoxy) is 1. The normalized spacial score (nSPS) is 11.3. The number of aromatic nitrogens is 4. The van der Waals surface area contributed by atoms with Crippen molar-refractivity contribution < 1.29 is 4.74 Å². The van der Waals surface area contributed by atoms with Crippen LogP contribution in [0.3, 0.4) is 0 Å². The maximum absolute atomic E-state index is 5.79. The summed E-state index contributed by atoms with van der Waals surface area (Å²) in [7, 11) is 0. The molecule has 0 fully saturated rings. The van der Waals surface area contributed by atoms with Gasteiger partial charge in [0.15, 0.2) is 5.65 Å². The van der Waals surface area contributed by atoms with Crippen LogP contribution in [-0.4, -0.2) is 25.8 Å². The molecule has 5 rings (SSSR count). The van der Waals surface area contributed by atoms with Gasteiger partial charge in [-0.25, -0.2) is 9.50 Å². The van der Waals surface area contributed by atoms with E-state index in [0.29, 0.717) is 13.2 Å². The van der Waals surface area contributed by atoms with E-state index in [9.17, 15) is 0 Å². The first-order valence-electron chi connectivity index (χ1n) is 10.9. The van der Waals surface area contributed by atoms with Crippen molar-refractivity contribution in [3.63, 3.8) is 0 Å². The Balaban J connectivity index is 1.84. The lowest BCUT2D eigenvalue weighted by Crippen LogP contribution is -2.02. The van der Waals surface area contributed by atoms with Gasteiger partial charge in [-0.2, -0.15) is 5.10 Å². The van der Waals surface area contributed by atoms with Crippen molar-refractivity contribution >= 4 is 5.65 Å². The molecule has 3 heterocycles. The summed E-state index contributed by atoms with van der Waals surface area (Å²) in [4.78, 5) is 5.06. The summed E-state index contributed by atoms with van der Waals surface area (Å²) in [6, 6.07) is 23.1. The van der Waals surface area contributed by atoms with E-state index in [4.69, 9.17) is 14.8 Å². The van der Waals surface area contributed by atoms with Crippen LogP contribution in [0.25, 0.3) is 33.8 Å². The van der Waals surface area contributed by atoms with Gasteiger partial charge >= 0.3 is 0 Å². The van der Waals surface area contributed by atoms with Crippen molar-refractivity contribution in [2.75, 3.05) is 6.61 Å². The van der Waals surface area contributed by atoms with Crippen LogP contribution in [-0.2, 0) is 11.3 Å². The standard InChI is InChI=1S/C27H26N4O/c1-4-32-18-23-26(21-12-10-19(2)11-13-21)27-28-25(30-14-5-6-15-30)17-24(31(27)29-23)22-9-7-8-20(3)16-22/h5-17H,4,18H2,1-3H3. The molecule has 2 aromatic carbocycles. The van der Waals surface area contributed by atoms with Crippen LogP contribution in [0.5, 0.6) is 0 Å². The number of benzene rings is 2. The van der Waals surface area contributed by atoms with Gasteiger partial charge in [-0.3, -0.25) is 0 Å². The van der Waals surface area contributed by atoms with Crippen LogP contribution in [0.1, 0.15) is 23.7 Å². The molecule has 0 saturated carbocycles. The van der Waals surface area contributed by atoms with Gasteiger partial charge in [0.1, 0.15) is 5.82 Å². The smallest absolute Gasteiger partial charge is 0.166 e. The Morgan fingerprint density at radius 1 is 0.844 bits per heavy atom. The Morgan fingerprint density at radius 2 is 1.62 bits per heavy atom. The third kappa shape index (κ3) is 3.72. The summed E-state index contributed by atoms with van der Waals surface area (Å²) in [5.41, 5.74) is 8.35. The van der Waals surface area contributed by atoms with Crippen molar-refractivity contribution in [1.29, 1.82) is 0 Å². The van der Waals surface area contributed by atoms with Crippen LogP contribution < -0.4 is 0 Å². The molecule has 0 unspecified atom stereocenters. The molecule has 0 aliphatic carbocycles. The zero-order valence-corrected chi connectivity index (χ0v) is 18.6. The summed E-state index contributed by atoms with van der Waals surface area (Å²) < 4.78 is 9.79. The number of nitrogens with zero attached hydrogens (tertiary/aromatic N) is 4. The summed E-state index contributed by atoms with van der Waals surface area (Å²) in [6.07, 6.45) is 4.03. The summed E-state index contributed by atoms with van der Waals surface area (Å²) in [5, 5.41) is 5.00. The van der Waals surface area contributed by atoms with E-state index in [2.05, 4.69) is 68.4 Å².